The summed E-state index contributed by atoms with van der Waals surface area (Å²) in [4.78, 5) is 4.92. The van der Waals surface area contributed by atoms with Crippen LogP contribution in [-0.4, -0.2) is 42.6 Å². The van der Waals surface area contributed by atoms with E-state index in [4.69, 9.17) is 0 Å². The molecule has 0 radical (unpaired) electrons. The quantitative estimate of drug-likeness (QED) is 0.439. The highest BCUT2D eigenvalue weighted by molar-refractivity contribution is 5.24. The van der Waals surface area contributed by atoms with Crippen LogP contribution in [0.1, 0.15) is 26.7 Å². The number of likely N-dealkylation sites (N-methyl/N-ethyl adjacent to an activating group) is 2. The van der Waals surface area contributed by atoms with Crippen LogP contribution in [-0.2, 0) is 0 Å². The molecule has 0 unspecified atom stereocenters. The fraction of sp³-hybridized carbons (Fsp3) is 0.474. The van der Waals surface area contributed by atoms with Crippen molar-refractivity contribution in [3.63, 3.8) is 0 Å². The van der Waals surface area contributed by atoms with Crippen LogP contribution in [0.25, 0.3) is 0 Å². The molecule has 0 spiro atoms. The average molecular weight is 286 g/mol. The van der Waals surface area contributed by atoms with E-state index in [0.717, 1.165) is 32.8 Å². The molecule has 1 aliphatic rings. The Hall–Kier alpha value is -1.38. The second-order valence-electron chi connectivity index (χ2n) is 5.37. The van der Waals surface area contributed by atoms with E-state index in [1.165, 1.54) is 24.0 Å². The predicted molar refractivity (Wildman–Crippen MR) is 94.3 cm³/mol. The molecule has 0 aromatic rings. The first kappa shape index (κ1) is 17.7. The van der Waals surface area contributed by atoms with Crippen molar-refractivity contribution in [2.45, 2.75) is 26.7 Å². The summed E-state index contributed by atoms with van der Waals surface area (Å²) in [6.07, 6.45) is 15.1. The Balaban J connectivity index is 2.57. The van der Waals surface area contributed by atoms with Crippen molar-refractivity contribution in [1.82, 2.24) is 9.80 Å². The molecule has 116 valence electrons. The van der Waals surface area contributed by atoms with Gasteiger partial charge in [-0.3, -0.25) is 9.80 Å². The molecule has 0 aliphatic heterocycles. The van der Waals surface area contributed by atoms with Crippen molar-refractivity contribution in [1.29, 1.82) is 0 Å². The maximum Gasteiger partial charge on any atom is 0.0512 e. The van der Waals surface area contributed by atoms with Crippen LogP contribution >= 0.6 is 0 Å². The zero-order valence-electron chi connectivity index (χ0n) is 13.7. The van der Waals surface area contributed by atoms with E-state index in [0.29, 0.717) is 0 Å². The van der Waals surface area contributed by atoms with Gasteiger partial charge in [-0.1, -0.05) is 63.5 Å². The van der Waals surface area contributed by atoms with Gasteiger partial charge in [-0.15, -0.1) is 0 Å². The van der Waals surface area contributed by atoms with E-state index in [9.17, 15) is 0 Å². The SMILES string of the molecule is C=C/C=C(\C=C)CN(CC)CN(CC)CC1=CCCC=C1. The number of allylic oxidation sites excluding steroid dienone is 4. The Morgan fingerprint density at radius 1 is 1.19 bits per heavy atom. The number of hydrogen-bond acceptors (Lipinski definition) is 2. The topological polar surface area (TPSA) is 6.48 Å². The maximum atomic E-state index is 3.89. The van der Waals surface area contributed by atoms with Gasteiger partial charge in [-0.2, -0.15) is 0 Å². The molecule has 0 saturated carbocycles. The van der Waals surface area contributed by atoms with Crippen LogP contribution in [0.4, 0.5) is 0 Å². The molecule has 0 atom stereocenters. The third-order valence-corrected chi connectivity index (χ3v) is 3.77. The monoisotopic (exact) mass is 286 g/mol. The fourth-order valence-corrected chi connectivity index (χ4v) is 2.44. The van der Waals surface area contributed by atoms with E-state index < -0.39 is 0 Å². The van der Waals surface area contributed by atoms with Crippen molar-refractivity contribution in [3.05, 3.63) is 60.8 Å². The van der Waals surface area contributed by atoms with Crippen LogP contribution in [0.5, 0.6) is 0 Å². The molecule has 1 aliphatic carbocycles. The van der Waals surface area contributed by atoms with Crippen LogP contribution in [0.15, 0.2) is 60.8 Å². The van der Waals surface area contributed by atoms with Crippen molar-refractivity contribution in [2.75, 3.05) is 32.8 Å². The van der Waals surface area contributed by atoms with Gasteiger partial charge >= 0.3 is 0 Å². The van der Waals surface area contributed by atoms with Crippen molar-refractivity contribution < 1.29 is 0 Å². The molecular weight excluding hydrogens is 256 g/mol. The molecule has 0 bridgehead atoms. The first-order valence-corrected chi connectivity index (χ1v) is 7.97. The van der Waals surface area contributed by atoms with E-state index in [-0.39, 0.29) is 0 Å². The van der Waals surface area contributed by atoms with Gasteiger partial charge in [-0.05, 0) is 37.1 Å². The van der Waals surface area contributed by atoms with E-state index in [2.05, 4.69) is 55.0 Å². The lowest BCUT2D eigenvalue weighted by Crippen LogP contribution is -2.39. The predicted octanol–water partition coefficient (Wildman–Crippen LogP) is 4.16. The molecular formula is C19H30N2. The Kier molecular flexibility index (Phi) is 8.72. The van der Waals surface area contributed by atoms with Crippen LogP contribution in [0, 0.1) is 0 Å². The molecule has 0 aromatic heterocycles. The molecule has 2 heteroatoms. The fourth-order valence-electron chi connectivity index (χ4n) is 2.44. The Morgan fingerprint density at radius 3 is 2.48 bits per heavy atom. The molecule has 1 rings (SSSR count). The first-order chi connectivity index (χ1) is 10.2. The van der Waals surface area contributed by atoms with Gasteiger partial charge in [0.05, 0.1) is 6.67 Å². The third-order valence-electron chi connectivity index (χ3n) is 3.77. The second-order valence-corrected chi connectivity index (χ2v) is 5.37. The highest BCUT2D eigenvalue weighted by Crippen LogP contribution is 2.12. The molecule has 0 fully saturated rings. The molecule has 0 saturated heterocycles. The molecule has 0 amide bonds. The molecule has 21 heavy (non-hydrogen) atoms. The standard InChI is InChI=1S/C19H30N2/c1-5-12-18(6-2)15-20(7-3)17-21(8-4)16-19-13-10-9-11-14-19/h5-6,10,12-14H,1-2,7-9,11,15-17H2,3-4H3/b18-12+. The Bertz CT molecular complexity index is 415. The van der Waals surface area contributed by atoms with Gasteiger partial charge in [0.1, 0.15) is 0 Å². The normalized spacial score (nSPS) is 15.4. The highest BCUT2D eigenvalue weighted by Gasteiger charge is 2.11. The van der Waals surface area contributed by atoms with Crippen LogP contribution in [0.3, 0.4) is 0 Å². The summed E-state index contributed by atoms with van der Waals surface area (Å²) in [6, 6.07) is 0. The first-order valence-electron chi connectivity index (χ1n) is 7.97. The van der Waals surface area contributed by atoms with Gasteiger partial charge < -0.3 is 0 Å². The highest BCUT2D eigenvalue weighted by atomic mass is 15.3. The van der Waals surface area contributed by atoms with Gasteiger partial charge in [0.25, 0.3) is 0 Å². The lowest BCUT2D eigenvalue weighted by Gasteiger charge is -2.30. The number of rotatable bonds is 10. The van der Waals surface area contributed by atoms with E-state index in [1.54, 1.807) is 0 Å². The molecule has 0 N–H and O–H groups in total. The van der Waals surface area contributed by atoms with E-state index >= 15 is 0 Å². The summed E-state index contributed by atoms with van der Waals surface area (Å²) in [5, 5.41) is 0. The average Bonchev–Trinajstić information content (AvgIpc) is 2.53. The minimum atomic E-state index is 0.928. The Morgan fingerprint density at radius 2 is 1.95 bits per heavy atom. The molecule has 0 aromatic carbocycles. The zero-order valence-corrected chi connectivity index (χ0v) is 13.7. The Labute approximate surface area is 130 Å². The lowest BCUT2D eigenvalue weighted by atomic mass is 10.1. The summed E-state index contributed by atoms with van der Waals surface area (Å²) in [6.45, 7) is 17.2. The van der Waals surface area contributed by atoms with E-state index in [1.807, 2.05) is 18.2 Å². The second kappa shape index (κ2) is 10.4. The van der Waals surface area contributed by atoms with Gasteiger partial charge in [-0.25, -0.2) is 0 Å². The minimum Gasteiger partial charge on any atom is -0.286 e. The summed E-state index contributed by atoms with van der Waals surface area (Å²) >= 11 is 0. The van der Waals surface area contributed by atoms with Crippen LogP contribution < -0.4 is 0 Å². The zero-order chi connectivity index (χ0) is 15.5. The summed E-state index contributed by atoms with van der Waals surface area (Å²) < 4.78 is 0. The minimum absolute atomic E-state index is 0.928. The lowest BCUT2D eigenvalue weighted by molar-refractivity contribution is 0.161. The van der Waals surface area contributed by atoms with Gasteiger partial charge in [0, 0.05) is 13.1 Å². The van der Waals surface area contributed by atoms with Gasteiger partial charge in [0.2, 0.25) is 0 Å². The smallest absolute Gasteiger partial charge is 0.0512 e. The molecule has 2 nitrogen and oxygen atoms in total. The third kappa shape index (κ3) is 6.74. The largest absolute Gasteiger partial charge is 0.286 e. The van der Waals surface area contributed by atoms with Crippen molar-refractivity contribution in [2.24, 2.45) is 0 Å². The summed E-state index contributed by atoms with van der Waals surface area (Å²) in [5.41, 5.74) is 2.67. The summed E-state index contributed by atoms with van der Waals surface area (Å²) in [7, 11) is 0. The van der Waals surface area contributed by atoms with Crippen molar-refractivity contribution >= 4 is 0 Å². The van der Waals surface area contributed by atoms with Gasteiger partial charge in [0.15, 0.2) is 0 Å². The van der Waals surface area contributed by atoms with Crippen LogP contribution in [0.2, 0.25) is 0 Å². The number of nitrogens with zero attached hydrogens (tertiary/aromatic N) is 2. The molecule has 0 heterocycles. The summed E-state index contributed by atoms with van der Waals surface area (Å²) in [5.74, 6) is 0. The maximum absolute atomic E-state index is 3.89. The van der Waals surface area contributed by atoms with Crippen molar-refractivity contribution in [3.8, 4) is 0 Å². The number of hydrogen-bond donors (Lipinski definition) is 0.